The second-order valence-electron chi connectivity index (χ2n) is 7.51. The lowest BCUT2D eigenvalue weighted by molar-refractivity contribution is -0.137. The van der Waals surface area contributed by atoms with E-state index < -0.39 is 11.7 Å². The van der Waals surface area contributed by atoms with E-state index in [1.807, 2.05) is 24.3 Å². The van der Waals surface area contributed by atoms with Crippen LogP contribution in [0, 0.1) is 0 Å². The van der Waals surface area contributed by atoms with Crippen molar-refractivity contribution in [1.82, 2.24) is 9.97 Å². The van der Waals surface area contributed by atoms with Gasteiger partial charge in [0.05, 0.1) is 10.7 Å². The van der Waals surface area contributed by atoms with Crippen molar-refractivity contribution in [2.75, 3.05) is 10.6 Å². The number of halogens is 4. The molecule has 1 heterocycles. The lowest BCUT2D eigenvalue weighted by Crippen LogP contribution is -2.13. The lowest BCUT2D eigenvalue weighted by atomic mass is 9.87. The predicted octanol–water partition coefficient (Wildman–Crippen LogP) is 6.93. The largest absolute Gasteiger partial charge is 0.421 e. The number of alkyl halides is 3. The van der Waals surface area contributed by atoms with Gasteiger partial charge in [-0.3, -0.25) is 0 Å². The van der Waals surface area contributed by atoms with Crippen LogP contribution in [0.3, 0.4) is 0 Å². The van der Waals surface area contributed by atoms with Crippen LogP contribution in [0.2, 0.25) is 5.02 Å². The van der Waals surface area contributed by atoms with Gasteiger partial charge in [0.1, 0.15) is 11.4 Å². The molecule has 0 radical (unpaired) electrons. The van der Waals surface area contributed by atoms with E-state index >= 15 is 0 Å². The van der Waals surface area contributed by atoms with Gasteiger partial charge >= 0.3 is 6.18 Å². The standard InChI is InChI=1S/C21H20ClF3N4/c1-20(2,3)13-8-10-14(11-9-13)27-19-26-12-15(21(23,24)25)18(29-19)28-17-7-5-4-6-16(17)22/h4-12H,1-3H3,(H2,26,27,28,29). The van der Waals surface area contributed by atoms with Gasteiger partial charge in [-0.15, -0.1) is 0 Å². The van der Waals surface area contributed by atoms with E-state index in [1.54, 1.807) is 24.3 Å². The quantitative estimate of drug-likeness (QED) is 0.480. The third-order valence-electron chi connectivity index (χ3n) is 4.23. The number of rotatable bonds is 4. The number of nitrogens with zero attached hydrogens (tertiary/aromatic N) is 2. The van der Waals surface area contributed by atoms with Crippen molar-refractivity contribution >= 4 is 34.7 Å². The molecule has 8 heteroatoms. The van der Waals surface area contributed by atoms with Crippen LogP contribution in [0.5, 0.6) is 0 Å². The summed E-state index contributed by atoms with van der Waals surface area (Å²) in [5.74, 6) is -0.342. The fourth-order valence-corrected chi connectivity index (χ4v) is 2.80. The first-order valence-electron chi connectivity index (χ1n) is 8.87. The molecule has 0 unspecified atom stereocenters. The first-order valence-corrected chi connectivity index (χ1v) is 9.25. The number of hydrogen-bond acceptors (Lipinski definition) is 4. The molecule has 0 atom stereocenters. The normalized spacial score (nSPS) is 12.0. The molecule has 3 rings (SSSR count). The zero-order valence-electron chi connectivity index (χ0n) is 16.1. The van der Waals surface area contributed by atoms with E-state index in [0.29, 0.717) is 11.4 Å². The number of anilines is 4. The molecule has 29 heavy (non-hydrogen) atoms. The molecule has 0 spiro atoms. The Hall–Kier alpha value is -2.80. The minimum Gasteiger partial charge on any atom is -0.338 e. The third kappa shape index (κ3) is 5.17. The third-order valence-corrected chi connectivity index (χ3v) is 4.56. The number of para-hydroxylation sites is 1. The van der Waals surface area contributed by atoms with Crippen LogP contribution in [0.15, 0.2) is 54.7 Å². The van der Waals surface area contributed by atoms with Gasteiger partial charge in [0, 0.05) is 11.9 Å². The molecule has 0 saturated carbocycles. The molecule has 2 N–H and O–H groups in total. The molecule has 0 bridgehead atoms. The molecule has 3 aromatic rings. The molecule has 2 aromatic carbocycles. The van der Waals surface area contributed by atoms with Crippen molar-refractivity contribution in [3.05, 3.63) is 70.9 Å². The van der Waals surface area contributed by atoms with E-state index in [0.717, 1.165) is 11.8 Å². The van der Waals surface area contributed by atoms with Gasteiger partial charge in [-0.1, -0.05) is 56.6 Å². The summed E-state index contributed by atoms with van der Waals surface area (Å²) in [5, 5.41) is 5.88. The Morgan fingerprint density at radius 1 is 0.897 bits per heavy atom. The van der Waals surface area contributed by atoms with Gasteiger partial charge in [0.2, 0.25) is 5.95 Å². The second-order valence-corrected chi connectivity index (χ2v) is 7.92. The van der Waals surface area contributed by atoms with Crippen molar-refractivity contribution < 1.29 is 13.2 Å². The number of aromatic nitrogens is 2. The summed E-state index contributed by atoms with van der Waals surface area (Å²) in [6, 6.07) is 14.1. The molecule has 0 aliphatic rings. The fraction of sp³-hybridized carbons (Fsp3) is 0.238. The maximum Gasteiger partial charge on any atom is 0.421 e. The molecule has 152 valence electrons. The number of hydrogen-bond donors (Lipinski definition) is 2. The smallest absolute Gasteiger partial charge is 0.338 e. The molecule has 0 aliphatic carbocycles. The van der Waals surface area contributed by atoms with E-state index in [1.165, 1.54) is 0 Å². The van der Waals surface area contributed by atoms with Crippen molar-refractivity contribution in [1.29, 1.82) is 0 Å². The Bertz CT molecular complexity index is 996. The summed E-state index contributed by atoms with van der Waals surface area (Å²) in [6.07, 6.45) is -3.87. The molecule has 1 aromatic heterocycles. The molecule has 0 aliphatic heterocycles. The Morgan fingerprint density at radius 2 is 1.55 bits per heavy atom. The number of nitrogens with one attached hydrogen (secondary N) is 2. The van der Waals surface area contributed by atoms with Crippen LogP contribution in [-0.2, 0) is 11.6 Å². The van der Waals surface area contributed by atoms with Crippen LogP contribution >= 0.6 is 11.6 Å². The van der Waals surface area contributed by atoms with Crippen LogP contribution in [0.1, 0.15) is 31.9 Å². The van der Waals surface area contributed by atoms with Gasteiger partial charge in [-0.2, -0.15) is 18.2 Å². The summed E-state index contributed by atoms with van der Waals surface area (Å²) < 4.78 is 40.2. The van der Waals surface area contributed by atoms with Gasteiger partial charge in [0.15, 0.2) is 0 Å². The van der Waals surface area contributed by atoms with Gasteiger partial charge < -0.3 is 10.6 Å². The average molecular weight is 421 g/mol. The summed E-state index contributed by atoms with van der Waals surface area (Å²) in [4.78, 5) is 7.85. The van der Waals surface area contributed by atoms with E-state index in [-0.39, 0.29) is 22.2 Å². The Kier molecular flexibility index (Phi) is 5.71. The zero-order chi connectivity index (χ0) is 21.2. The van der Waals surface area contributed by atoms with Crippen LogP contribution in [0.25, 0.3) is 0 Å². The van der Waals surface area contributed by atoms with E-state index in [4.69, 9.17) is 11.6 Å². The average Bonchev–Trinajstić information content (AvgIpc) is 2.62. The van der Waals surface area contributed by atoms with Crippen molar-refractivity contribution in [3.8, 4) is 0 Å². The van der Waals surface area contributed by atoms with Gasteiger partial charge in [-0.05, 0) is 35.2 Å². The fourth-order valence-electron chi connectivity index (χ4n) is 2.62. The summed E-state index contributed by atoms with van der Waals surface area (Å²) >= 11 is 6.06. The lowest BCUT2D eigenvalue weighted by Gasteiger charge is -2.19. The Balaban J connectivity index is 1.92. The highest BCUT2D eigenvalue weighted by Gasteiger charge is 2.35. The first kappa shape index (κ1) is 20.9. The highest BCUT2D eigenvalue weighted by atomic mass is 35.5. The molecular formula is C21H20ClF3N4. The number of benzene rings is 2. The van der Waals surface area contributed by atoms with Crippen molar-refractivity contribution in [3.63, 3.8) is 0 Å². The highest BCUT2D eigenvalue weighted by Crippen LogP contribution is 2.36. The zero-order valence-corrected chi connectivity index (χ0v) is 16.9. The Labute approximate surface area is 172 Å². The molecule has 0 fully saturated rings. The van der Waals surface area contributed by atoms with Crippen LogP contribution in [0.4, 0.5) is 36.3 Å². The first-order chi connectivity index (χ1) is 13.5. The van der Waals surface area contributed by atoms with Crippen LogP contribution < -0.4 is 10.6 Å². The molecule has 0 saturated heterocycles. The topological polar surface area (TPSA) is 49.8 Å². The highest BCUT2D eigenvalue weighted by molar-refractivity contribution is 6.33. The second kappa shape index (κ2) is 7.91. The SMILES string of the molecule is CC(C)(C)c1ccc(Nc2ncc(C(F)(F)F)c(Nc3ccccc3Cl)n2)cc1. The van der Waals surface area contributed by atoms with Crippen molar-refractivity contribution in [2.24, 2.45) is 0 Å². The van der Waals surface area contributed by atoms with E-state index in [9.17, 15) is 13.2 Å². The minimum atomic E-state index is -4.61. The van der Waals surface area contributed by atoms with Crippen LogP contribution in [-0.4, -0.2) is 9.97 Å². The monoisotopic (exact) mass is 420 g/mol. The summed E-state index contributed by atoms with van der Waals surface area (Å²) in [7, 11) is 0. The summed E-state index contributed by atoms with van der Waals surface area (Å²) in [5.41, 5.74) is 1.14. The maximum atomic E-state index is 13.4. The predicted molar refractivity (Wildman–Crippen MR) is 110 cm³/mol. The minimum absolute atomic E-state index is 0.00454. The van der Waals surface area contributed by atoms with E-state index in [2.05, 4.69) is 41.4 Å². The maximum absolute atomic E-state index is 13.4. The molecule has 0 amide bonds. The Morgan fingerprint density at radius 3 is 2.14 bits per heavy atom. The van der Waals surface area contributed by atoms with Crippen molar-refractivity contribution in [2.45, 2.75) is 32.4 Å². The molecule has 4 nitrogen and oxygen atoms in total. The summed E-state index contributed by atoms with van der Waals surface area (Å²) in [6.45, 7) is 6.29. The molecular weight excluding hydrogens is 401 g/mol. The van der Waals surface area contributed by atoms with Gasteiger partial charge in [-0.25, -0.2) is 4.98 Å². The van der Waals surface area contributed by atoms with Gasteiger partial charge in [0.25, 0.3) is 0 Å².